The number of benzene rings is 1. The molecule has 1 aromatic rings. The van der Waals surface area contributed by atoms with Gasteiger partial charge in [-0.25, -0.2) is 0 Å². The molecule has 1 fully saturated rings. The molecule has 1 aromatic carbocycles. The van der Waals surface area contributed by atoms with Crippen LogP contribution in [0.1, 0.15) is 25.0 Å². The summed E-state index contributed by atoms with van der Waals surface area (Å²) < 4.78 is 0. The first-order valence-electron chi connectivity index (χ1n) is 7.88. The van der Waals surface area contributed by atoms with Gasteiger partial charge in [0.15, 0.2) is 0 Å². The highest BCUT2D eigenvalue weighted by atomic mass is 15.3. The molecule has 0 bridgehead atoms. The van der Waals surface area contributed by atoms with Crippen LogP contribution in [0, 0.1) is 0 Å². The summed E-state index contributed by atoms with van der Waals surface area (Å²) in [5.41, 5.74) is 3.01. The van der Waals surface area contributed by atoms with Crippen molar-refractivity contribution in [1.29, 1.82) is 0 Å². The minimum absolute atomic E-state index is 0.604. The van der Waals surface area contributed by atoms with Gasteiger partial charge in [0.2, 0.25) is 0 Å². The Morgan fingerprint density at radius 2 is 1.75 bits per heavy atom. The average molecular weight is 273 g/mol. The molecule has 0 aromatic heterocycles. The smallest absolute Gasteiger partial charge is 0.0238 e. The Hall–Kier alpha value is -0.900. The molecule has 2 heterocycles. The van der Waals surface area contributed by atoms with Crippen LogP contribution in [0.4, 0.5) is 0 Å². The van der Waals surface area contributed by atoms with E-state index in [9.17, 15) is 0 Å². The van der Waals surface area contributed by atoms with Crippen molar-refractivity contribution in [3.8, 4) is 0 Å². The molecule has 0 spiro atoms. The summed E-state index contributed by atoms with van der Waals surface area (Å²) in [7, 11) is 2.25. The molecule has 0 radical (unpaired) electrons. The fraction of sp³-hybridized carbons (Fsp3) is 0.647. The Bertz CT molecular complexity index is 447. The van der Waals surface area contributed by atoms with E-state index >= 15 is 0 Å². The predicted molar refractivity (Wildman–Crippen MR) is 83.9 cm³/mol. The lowest BCUT2D eigenvalue weighted by Gasteiger charge is -2.44. The minimum Gasteiger partial charge on any atom is -0.308 e. The first-order chi connectivity index (χ1) is 9.63. The van der Waals surface area contributed by atoms with Crippen molar-refractivity contribution in [2.75, 3.05) is 26.7 Å². The Kier molecular flexibility index (Phi) is 4.11. The molecule has 2 aliphatic rings. The first kappa shape index (κ1) is 14.1. The molecule has 3 heteroatoms. The zero-order valence-corrected chi connectivity index (χ0v) is 13.0. The van der Waals surface area contributed by atoms with E-state index in [1.165, 1.54) is 37.2 Å². The van der Waals surface area contributed by atoms with Gasteiger partial charge in [-0.3, -0.25) is 9.80 Å². The quantitative estimate of drug-likeness (QED) is 0.885. The van der Waals surface area contributed by atoms with Crippen LogP contribution in [0.2, 0.25) is 0 Å². The van der Waals surface area contributed by atoms with Gasteiger partial charge < -0.3 is 5.32 Å². The summed E-state index contributed by atoms with van der Waals surface area (Å²) >= 11 is 0. The van der Waals surface area contributed by atoms with Gasteiger partial charge in [0.1, 0.15) is 0 Å². The summed E-state index contributed by atoms with van der Waals surface area (Å²) in [6, 6.07) is 10.8. The van der Waals surface area contributed by atoms with Gasteiger partial charge in [-0.2, -0.15) is 0 Å². The zero-order valence-electron chi connectivity index (χ0n) is 13.0. The maximum absolute atomic E-state index is 3.71. The predicted octanol–water partition coefficient (Wildman–Crippen LogP) is 1.73. The molecule has 2 aliphatic heterocycles. The van der Waals surface area contributed by atoms with Crippen LogP contribution >= 0.6 is 0 Å². The third-order valence-electron chi connectivity index (χ3n) is 5.08. The summed E-state index contributed by atoms with van der Waals surface area (Å²) in [4.78, 5) is 5.14. The highest BCUT2D eigenvalue weighted by Crippen LogP contribution is 2.19. The lowest BCUT2D eigenvalue weighted by atomic mass is 9.95. The molecule has 0 amide bonds. The second-order valence-corrected chi connectivity index (χ2v) is 6.63. The van der Waals surface area contributed by atoms with Gasteiger partial charge in [0, 0.05) is 44.3 Å². The lowest BCUT2D eigenvalue weighted by Crippen LogP contribution is -2.57. The molecular weight excluding hydrogens is 246 g/mol. The molecule has 3 rings (SSSR count). The topological polar surface area (TPSA) is 18.5 Å². The molecule has 1 N–H and O–H groups in total. The molecule has 3 nitrogen and oxygen atoms in total. The molecule has 110 valence electrons. The molecule has 3 unspecified atom stereocenters. The molecule has 1 saturated heterocycles. The average Bonchev–Trinajstić information content (AvgIpc) is 2.44. The molecule has 0 aliphatic carbocycles. The van der Waals surface area contributed by atoms with Crippen molar-refractivity contribution in [1.82, 2.24) is 15.1 Å². The fourth-order valence-electron chi connectivity index (χ4n) is 3.62. The Morgan fingerprint density at radius 1 is 1.10 bits per heavy atom. The number of fused-ring (bicyclic) bond motifs is 1. The number of piperazine rings is 1. The number of hydrogen-bond acceptors (Lipinski definition) is 3. The van der Waals surface area contributed by atoms with E-state index in [0.29, 0.717) is 18.1 Å². The molecule has 3 atom stereocenters. The maximum Gasteiger partial charge on any atom is 0.0238 e. The van der Waals surface area contributed by atoms with Crippen molar-refractivity contribution < 1.29 is 0 Å². The van der Waals surface area contributed by atoms with Gasteiger partial charge in [0.05, 0.1) is 0 Å². The maximum atomic E-state index is 3.71. The molecule has 20 heavy (non-hydrogen) atoms. The Balaban J connectivity index is 1.60. The first-order valence-corrected chi connectivity index (χ1v) is 7.88. The van der Waals surface area contributed by atoms with Gasteiger partial charge >= 0.3 is 0 Å². The van der Waals surface area contributed by atoms with Gasteiger partial charge in [-0.15, -0.1) is 0 Å². The van der Waals surface area contributed by atoms with Crippen LogP contribution in [0.5, 0.6) is 0 Å². The van der Waals surface area contributed by atoms with Crippen molar-refractivity contribution in [2.45, 2.75) is 44.9 Å². The van der Waals surface area contributed by atoms with Crippen LogP contribution in [0.3, 0.4) is 0 Å². The molecular formula is C17H27N3. The Morgan fingerprint density at radius 3 is 2.45 bits per heavy atom. The van der Waals surface area contributed by atoms with Crippen LogP contribution in [-0.2, 0) is 13.0 Å². The number of rotatable bonds is 2. The number of hydrogen-bond donors (Lipinski definition) is 1. The summed E-state index contributed by atoms with van der Waals surface area (Å²) in [6.45, 7) is 9.27. The van der Waals surface area contributed by atoms with E-state index in [4.69, 9.17) is 0 Å². The standard InChI is InChI=1S/C17H27N3/c1-13-10-20(11-14(2)19(13)3)12-17-8-15-6-4-5-7-16(15)9-18-17/h4-7,13-14,17-18H,8-12H2,1-3H3. The summed E-state index contributed by atoms with van der Waals surface area (Å²) in [5, 5.41) is 3.71. The van der Waals surface area contributed by atoms with Crippen LogP contribution in [-0.4, -0.2) is 54.6 Å². The third-order valence-corrected chi connectivity index (χ3v) is 5.08. The van der Waals surface area contributed by atoms with E-state index in [1.807, 2.05) is 0 Å². The van der Waals surface area contributed by atoms with E-state index in [0.717, 1.165) is 6.54 Å². The van der Waals surface area contributed by atoms with Crippen molar-refractivity contribution in [3.05, 3.63) is 35.4 Å². The van der Waals surface area contributed by atoms with E-state index in [2.05, 4.69) is 60.3 Å². The summed E-state index contributed by atoms with van der Waals surface area (Å²) in [5.74, 6) is 0. The van der Waals surface area contributed by atoms with Crippen LogP contribution < -0.4 is 5.32 Å². The van der Waals surface area contributed by atoms with Gasteiger partial charge in [0.25, 0.3) is 0 Å². The highest BCUT2D eigenvalue weighted by molar-refractivity contribution is 5.30. The second kappa shape index (κ2) is 5.84. The SMILES string of the molecule is CC1CN(CC2Cc3ccccc3CN2)CC(C)N1C. The van der Waals surface area contributed by atoms with Crippen LogP contribution in [0.15, 0.2) is 24.3 Å². The van der Waals surface area contributed by atoms with E-state index < -0.39 is 0 Å². The molecule has 0 saturated carbocycles. The normalized spacial score (nSPS) is 32.0. The Labute approximate surface area is 123 Å². The second-order valence-electron chi connectivity index (χ2n) is 6.63. The van der Waals surface area contributed by atoms with Gasteiger partial charge in [-0.1, -0.05) is 24.3 Å². The van der Waals surface area contributed by atoms with Crippen molar-refractivity contribution >= 4 is 0 Å². The monoisotopic (exact) mass is 273 g/mol. The fourth-order valence-corrected chi connectivity index (χ4v) is 3.62. The number of likely N-dealkylation sites (N-methyl/N-ethyl adjacent to an activating group) is 1. The highest BCUT2D eigenvalue weighted by Gasteiger charge is 2.28. The van der Waals surface area contributed by atoms with E-state index in [1.54, 1.807) is 0 Å². The number of nitrogens with zero attached hydrogens (tertiary/aromatic N) is 2. The van der Waals surface area contributed by atoms with Crippen molar-refractivity contribution in [3.63, 3.8) is 0 Å². The number of nitrogens with one attached hydrogen (secondary N) is 1. The largest absolute Gasteiger partial charge is 0.308 e. The third kappa shape index (κ3) is 2.90. The lowest BCUT2D eigenvalue weighted by molar-refractivity contribution is 0.0537. The van der Waals surface area contributed by atoms with E-state index in [-0.39, 0.29) is 0 Å². The minimum atomic E-state index is 0.604. The van der Waals surface area contributed by atoms with Gasteiger partial charge in [-0.05, 0) is 38.4 Å². The van der Waals surface area contributed by atoms with Crippen LogP contribution in [0.25, 0.3) is 0 Å². The summed E-state index contributed by atoms with van der Waals surface area (Å²) in [6.07, 6.45) is 1.17. The van der Waals surface area contributed by atoms with Crippen molar-refractivity contribution in [2.24, 2.45) is 0 Å². The zero-order chi connectivity index (χ0) is 14.1.